The number of halogens is 1. The van der Waals surface area contributed by atoms with Crippen LogP contribution in [0.25, 0.3) is 10.9 Å². The largest absolute Gasteiger partial charge is 0.360 e. The molecule has 4 rings (SSSR count). The molecular weight excluding hydrogens is 462 g/mol. The number of hydrogen-bond donors (Lipinski definition) is 2. The zero-order valence-corrected chi connectivity index (χ0v) is 19.9. The normalized spacial score (nSPS) is 16.1. The van der Waals surface area contributed by atoms with Crippen molar-refractivity contribution in [1.82, 2.24) is 19.2 Å². The van der Waals surface area contributed by atoms with Gasteiger partial charge in [-0.25, -0.2) is 8.42 Å². The zero-order valence-electron chi connectivity index (χ0n) is 18.3. The molecule has 0 saturated carbocycles. The average Bonchev–Trinajstić information content (AvgIpc) is 3.42. The fourth-order valence-corrected chi connectivity index (χ4v) is 5.62. The van der Waals surface area contributed by atoms with Gasteiger partial charge in [0.1, 0.15) is 17.8 Å². The molecule has 1 aliphatic heterocycles. The highest BCUT2D eigenvalue weighted by Crippen LogP contribution is 2.26. The monoisotopic (exact) mass is 487 g/mol. The Morgan fingerprint density at radius 1 is 1.33 bits per heavy atom. The minimum absolute atomic E-state index is 0.0530. The Kier molecular flexibility index (Phi) is 6.79. The summed E-state index contributed by atoms with van der Waals surface area (Å²) in [6.45, 7) is 3.71. The number of likely N-dealkylation sites (tertiary alicyclic amines) is 1. The second-order valence-electron chi connectivity index (χ2n) is 8.51. The number of aromatic nitrogens is 2. The van der Waals surface area contributed by atoms with Crippen molar-refractivity contribution >= 4 is 38.4 Å². The number of aryl methyl sites for hydroxylation is 1. The minimum atomic E-state index is -3.98. The second-order valence-corrected chi connectivity index (χ2v) is 10.6. The molecule has 8 nitrogen and oxygen atoms in total. The Labute approximate surface area is 198 Å². The molecule has 0 spiro atoms. The quantitative estimate of drug-likeness (QED) is 0.531. The Hall–Kier alpha value is -2.80. The van der Waals surface area contributed by atoms with Gasteiger partial charge in [0.2, 0.25) is 15.9 Å². The number of sulfonamides is 1. The van der Waals surface area contributed by atoms with Gasteiger partial charge >= 0.3 is 0 Å². The Morgan fingerprint density at radius 3 is 2.82 bits per heavy atom. The van der Waals surface area contributed by atoms with E-state index in [1.165, 1.54) is 12.1 Å². The number of carbonyl (C=O) groups is 1. The highest BCUT2D eigenvalue weighted by molar-refractivity contribution is 7.89. The first-order valence-electron chi connectivity index (χ1n) is 10.9. The number of nitriles is 1. The van der Waals surface area contributed by atoms with Gasteiger partial charge in [-0.1, -0.05) is 18.5 Å². The first-order chi connectivity index (χ1) is 15.8. The van der Waals surface area contributed by atoms with E-state index in [9.17, 15) is 18.5 Å². The van der Waals surface area contributed by atoms with Crippen molar-refractivity contribution in [2.75, 3.05) is 13.1 Å². The molecule has 3 aromatic rings. The summed E-state index contributed by atoms with van der Waals surface area (Å²) >= 11 is 6.10. The van der Waals surface area contributed by atoms with Crippen LogP contribution < -0.4 is 4.72 Å². The molecule has 0 aliphatic carbocycles. The third kappa shape index (κ3) is 5.08. The lowest BCUT2D eigenvalue weighted by molar-refractivity contribution is -0.134. The highest BCUT2D eigenvalue weighted by Gasteiger charge is 2.31. The summed E-state index contributed by atoms with van der Waals surface area (Å²) in [7, 11) is -3.98. The molecule has 2 N–H and O–H groups in total. The van der Waals surface area contributed by atoms with Crippen LogP contribution in [0, 0.1) is 17.2 Å². The summed E-state index contributed by atoms with van der Waals surface area (Å²) in [6, 6.07) is 9.23. The van der Waals surface area contributed by atoms with E-state index in [0.29, 0.717) is 41.8 Å². The topological polar surface area (TPSA) is 111 Å². The van der Waals surface area contributed by atoms with E-state index in [1.807, 2.05) is 0 Å². The summed E-state index contributed by atoms with van der Waals surface area (Å²) < 4.78 is 30.8. The van der Waals surface area contributed by atoms with Crippen molar-refractivity contribution < 1.29 is 13.2 Å². The van der Waals surface area contributed by atoms with E-state index in [-0.39, 0.29) is 17.2 Å². The average molecular weight is 488 g/mol. The molecule has 174 valence electrons. The summed E-state index contributed by atoms with van der Waals surface area (Å²) in [5, 5.41) is 10.5. The SMILES string of the molecule is CC1CCN(C(=O)C(CCn2cccc2C#N)NS(=O)(=O)c2ccc3c(Cl)c[nH]c3c2)CC1. The predicted molar refractivity (Wildman–Crippen MR) is 126 cm³/mol. The first kappa shape index (κ1) is 23.4. The molecular formula is C23H26ClN5O3S. The van der Waals surface area contributed by atoms with Gasteiger partial charge in [0.15, 0.2) is 0 Å². The molecule has 1 aromatic carbocycles. The standard InChI is InChI=1S/C23H26ClN5O3S/c1-16-6-10-29(11-7-16)23(30)21(8-12-28-9-2-3-17(28)14-25)27-33(31,32)18-4-5-19-20(24)15-26-22(19)13-18/h2-5,9,13,15-16,21,26-27H,6-8,10-12H2,1H3. The third-order valence-electron chi connectivity index (χ3n) is 6.21. The van der Waals surface area contributed by atoms with E-state index in [2.05, 4.69) is 22.7 Å². The molecule has 1 aliphatic rings. The summed E-state index contributed by atoms with van der Waals surface area (Å²) in [4.78, 5) is 18.1. The van der Waals surface area contributed by atoms with Crippen LogP contribution in [-0.2, 0) is 21.4 Å². The van der Waals surface area contributed by atoms with Gasteiger partial charge in [-0.3, -0.25) is 4.79 Å². The highest BCUT2D eigenvalue weighted by atomic mass is 35.5. The van der Waals surface area contributed by atoms with Gasteiger partial charge in [-0.2, -0.15) is 9.98 Å². The maximum absolute atomic E-state index is 13.3. The Balaban J connectivity index is 1.58. The van der Waals surface area contributed by atoms with E-state index < -0.39 is 16.1 Å². The number of piperidine rings is 1. The maximum atomic E-state index is 13.3. The number of hydrogen-bond acceptors (Lipinski definition) is 4. The van der Waals surface area contributed by atoms with Crippen molar-refractivity contribution in [2.24, 2.45) is 5.92 Å². The first-order valence-corrected chi connectivity index (χ1v) is 12.8. The van der Waals surface area contributed by atoms with Crippen LogP contribution >= 0.6 is 11.6 Å². The lowest BCUT2D eigenvalue weighted by Gasteiger charge is -2.33. The van der Waals surface area contributed by atoms with Gasteiger partial charge in [-0.15, -0.1) is 0 Å². The number of aromatic amines is 1. The van der Waals surface area contributed by atoms with Gasteiger partial charge in [0.25, 0.3) is 0 Å². The summed E-state index contributed by atoms with van der Waals surface area (Å²) in [5.74, 6) is 0.307. The van der Waals surface area contributed by atoms with Crippen LogP contribution in [0.3, 0.4) is 0 Å². The lowest BCUT2D eigenvalue weighted by Crippen LogP contribution is -2.50. The number of rotatable bonds is 7. The van der Waals surface area contributed by atoms with E-state index in [1.54, 1.807) is 40.1 Å². The summed E-state index contributed by atoms with van der Waals surface area (Å²) in [5.41, 5.74) is 1.06. The van der Waals surface area contributed by atoms with Gasteiger partial charge < -0.3 is 14.5 Å². The number of amides is 1. The van der Waals surface area contributed by atoms with Crippen LogP contribution in [0.4, 0.5) is 0 Å². The molecule has 10 heteroatoms. The van der Waals surface area contributed by atoms with E-state index in [0.717, 1.165) is 18.2 Å². The van der Waals surface area contributed by atoms with Crippen molar-refractivity contribution in [2.45, 2.75) is 43.7 Å². The molecule has 1 fully saturated rings. The maximum Gasteiger partial charge on any atom is 0.241 e. The third-order valence-corrected chi connectivity index (χ3v) is 7.99. The van der Waals surface area contributed by atoms with Crippen LogP contribution in [0.15, 0.2) is 47.6 Å². The van der Waals surface area contributed by atoms with Crippen molar-refractivity contribution in [1.29, 1.82) is 5.26 Å². The van der Waals surface area contributed by atoms with Crippen LogP contribution in [-0.4, -0.2) is 47.9 Å². The van der Waals surface area contributed by atoms with Crippen LogP contribution in [0.2, 0.25) is 5.02 Å². The fraction of sp³-hybridized carbons (Fsp3) is 0.391. The molecule has 3 heterocycles. The molecule has 1 unspecified atom stereocenters. The van der Waals surface area contributed by atoms with Crippen molar-refractivity contribution in [3.05, 3.63) is 53.4 Å². The Bertz CT molecular complexity index is 1300. The van der Waals surface area contributed by atoms with Crippen molar-refractivity contribution in [3.63, 3.8) is 0 Å². The van der Waals surface area contributed by atoms with Crippen LogP contribution in [0.1, 0.15) is 31.9 Å². The number of benzene rings is 1. The molecule has 1 amide bonds. The number of nitrogens with one attached hydrogen (secondary N) is 2. The molecule has 1 atom stereocenters. The predicted octanol–water partition coefficient (Wildman–Crippen LogP) is 3.49. The number of fused-ring (bicyclic) bond motifs is 1. The van der Waals surface area contributed by atoms with Gasteiger partial charge in [0.05, 0.1) is 9.92 Å². The second kappa shape index (κ2) is 9.59. The smallest absolute Gasteiger partial charge is 0.241 e. The lowest BCUT2D eigenvalue weighted by atomic mass is 9.98. The molecule has 33 heavy (non-hydrogen) atoms. The van der Waals surface area contributed by atoms with Gasteiger partial charge in [0, 0.05) is 42.9 Å². The number of carbonyl (C=O) groups excluding carboxylic acids is 1. The molecule has 1 saturated heterocycles. The molecule has 0 radical (unpaired) electrons. The Morgan fingerprint density at radius 2 is 2.09 bits per heavy atom. The number of nitrogens with zero attached hydrogens (tertiary/aromatic N) is 3. The van der Waals surface area contributed by atoms with Crippen molar-refractivity contribution in [3.8, 4) is 6.07 Å². The molecule has 0 bridgehead atoms. The summed E-state index contributed by atoms with van der Waals surface area (Å²) in [6.07, 6.45) is 5.37. The van der Waals surface area contributed by atoms with E-state index >= 15 is 0 Å². The fourth-order valence-electron chi connectivity index (χ4n) is 4.15. The molecule has 2 aromatic heterocycles. The zero-order chi connectivity index (χ0) is 23.6. The van der Waals surface area contributed by atoms with Crippen LogP contribution in [0.5, 0.6) is 0 Å². The van der Waals surface area contributed by atoms with E-state index in [4.69, 9.17) is 11.6 Å². The van der Waals surface area contributed by atoms with Gasteiger partial charge in [-0.05, 0) is 55.5 Å². The number of H-pyrrole nitrogens is 1. The minimum Gasteiger partial charge on any atom is -0.360 e.